The maximum Gasteiger partial charge on any atom is 0.407 e. The number of nitrogens with one attached hydrogen (secondary N) is 1. The molecular formula is C11H14BrNO2. The number of benzene rings is 1. The van der Waals surface area contributed by atoms with Crippen LogP contribution in [0.2, 0.25) is 0 Å². The molecule has 0 aromatic heterocycles. The van der Waals surface area contributed by atoms with Crippen molar-refractivity contribution in [2.75, 3.05) is 6.61 Å². The van der Waals surface area contributed by atoms with Crippen molar-refractivity contribution in [3.63, 3.8) is 0 Å². The van der Waals surface area contributed by atoms with Crippen LogP contribution in [0.4, 0.5) is 4.79 Å². The van der Waals surface area contributed by atoms with E-state index in [1.54, 1.807) is 6.92 Å². The van der Waals surface area contributed by atoms with Crippen LogP contribution in [0.3, 0.4) is 0 Å². The number of amides is 1. The van der Waals surface area contributed by atoms with E-state index in [4.69, 9.17) is 4.74 Å². The number of alkyl carbamates (subject to hydrolysis) is 1. The van der Waals surface area contributed by atoms with E-state index in [2.05, 4.69) is 21.2 Å². The molecule has 1 atom stereocenters. The van der Waals surface area contributed by atoms with Gasteiger partial charge in [0.2, 0.25) is 0 Å². The van der Waals surface area contributed by atoms with Gasteiger partial charge < -0.3 is 10.1 Å². The zero-order valence-electron chi connectivity index (χ0n) is 8.79. The van der Waals surface area contributed by atoms with Gasteiger partial charge in [-0.25, -0.2) is 4.79 Å². The highest BCUT2D eigenvalue weighted by molar-refractivity contribution is 9.10. The highest BCUT2D eigenvalue weighted by Gasteiger charge is 2.11. The third-order valence-electron chi connectivity index (χ3n) is 1.98. The first-order valence-corrected chi connectivity index (χ1v) is 5.62. The van der Waals surface area contributed by atoms with Crippen LogP contribution < -0.4 is 5.32 Å². The van der Waals surface area contributed by atoms with Gasteiger partial charge in [-0.05, 0) is 25.5 Å². The lowest BCUT2D eigenvalue weighted by Gasteiger charge is -2.15. The zero-order chi connectivity index (χ0) is 11.3. The summed E-state index contributed by atoms with van der Waals surface area (Å²) in [6, 6.07) is 7.70. The number of ether oxygens (including phenoxy) is 1. The van der Waals surface area contributed by atoms with Crippen LogP contribution in [0.15, 0.2) is 28.7 Å². The molecule has 1 rings (SSSR count). The standard InChI is InChI=1S/C11H14BrNO2/c1-3-15-11(14)13-8(2)9-6-4-5-7-10(9)12/h4-8H,3H2,1-2H3,(H,13,14)/t8-/m1/s1. The summed E-state index contributed by atoms with van der Waals surface area (Å²) in [6.07, 6.45) is -0.388. The van der Waals surface area contributed by atoms with Gasteiger partial charge in [-0.2, -0.15) is 0 Å². The SMILES string of the molecule is CCOC(=O)N[C@H](C)c1ccccc1Br. The number of halogens is 1. The number of carbonyl (C=O) groups is 1. The summed E-state index contributed by atoms with van der Waals surface area (Å²) < 4.78 is 5.79. The summed E-state index contributed by atoms with van der Waals surface area (Å²) in [5, 5.41) is 2.75. The maximum atomic E-state index is 11.2. The molecule has 0 saturated carbocycles. The van der Waals surface area contributed by atoms with E-state index in [9.17, 15) is 4.79 Å². The fourth-order valence-corrected chi connectivity index (χ4v) is 1.88. The van der Waals surface area contributed by atoms with Crippen LogP contribution in [0.1, 0.15) is 25.5 Å². The summed E-state index contributed by atoms with van der Waals surface area (Å²) >= 11 is 3.43. The second-order valence-electron chi connectivity index (χ2n) is 3.11. The third kappa shape index (κ3) is 3.55. The predicted molar refractivity (Wildman–Crippen MR) is 62.7 cm³/mol. The van der Waals surface area contributed by atoms with Gasteiger partial charge in [0, 0.05) is 4.47 Å². The molecule has 0 fully saturated rings. The molecule has 4 heteroatoms. The fourth-order valence-electron chi connectivity index (χ4n) is 1.25. The molecule has 1 amide bonds. The van der Waals surface area contributed by atoms with Crippen LogP contribution >= 0.6 is 15.9 Å². The van der Waals surface area contributed by atoms with E-state index in [-0.39, 0.29) is 12.1 Å². The second-order valence-corrected chi connectivity index (χ2v) is 3.96. The molecular weight excluding hydrogens is 258 g/mol. The molecule has 1 N–H and O–H groups in total. The molecule has 0 unspecified atom stereocenters. The first-order valence-electron chi connectivity index (χ1n) is 4.83. The quantitative estimate of drug-likeness (QED) is 0.917. The largest absolute Gasteiger partial charge is 0.450 e. The van der Waals surface area contributed by atoms with Crippen molar-refractivity contribution in [3.05, 3.63) is 34.3 Å². The van der Waals surface area contributed by atoms with Crippen LogP contribution in [0, 0.1) is 0 Å². The summed E-state index contributed by atoms with van der Waals surface area (Å²) in [7, 11) is 0. The van der Waals surface area contributed by atoms with E-state index < -0.39 is 0 Å². The minimum atomic E-state index is -0.388. The van der Waals surface area contributed by atoms with Gasteiger partial charge in [0.15, 0.2) is 0 Å². The average molecular weight is 272 g/mol. The summed E-state index contributed by atoms with van der Waals surface area (Å²) in [4.78, 5) is 11.2. The van der Waals surface area contributed by atoms with Crippen molar-refractivity contribution in [2.45, 2.75) is 19.9 Å². The van der Waals surface area contributed by atoms with Crippen molar-refractivity contribution in [1.29, 1.82) is 0 Å². The lowest BCUT2D eigenvalue weighted by molar-refractivity contribution is 0.149. The normalized spacial score (nSPS) is 11.9. The van der Waals surface area contributed by atoms with Gasteiger partial charge >= 0.3 is 6.09 Å². The lowest BCUT2D eigenvalue weighted by Crippen LogP contribution is -2.27. The summed E-state index contributed by atoms with van der Waals surface area (Å²) in [5.41, 5.74) is 1.03. The Hall–Kier alpha value is -1.03. The Labute approximate surface area is 97.9 Å². The number of hydrogen-bond acceptors (Lipinski definition) is 2. The van der Waals surface area contributed by atoms with Crippen LogP contribution in [0.5, 0.6) is 0 Å². The molecule has 1 aromatic carbocycles. The van der Waals surface area contributed by atoms with E-state index in [0.717, 1.165) is 10.0 Å². The molecule has 1 aromatic rings. The van der Waals surface area contributed by atoms with E-state index in [0.29, 0.717) is 6.61 Å². The van der Waals surface area contributed by atoms with Gasteiger partial charge in [-0.3, -0.25) is 0 Å². The van der Waals surface area contributed by atoms with Gasteiger partial charge in [-0.1, -0.05) is 34.1 Å². The molecule has 0 spiro atoms. The van der Waals surface area contributed by atoms with Crippen molar-refractivity contribution in [3.8, 4) is 0 Å². The van der Waals surface area contributed by atoms with Crippen molar-refractivity contribution < 1.29 is 9.53 Å². The summed E-state index contributed by atoms with van der Waals surface area (Å²) in [5.74, 6) is 0. The Bertz CT molecular complexity index is 341. The van der Waals surface area contributed by atoms with E-state index in [1.165, 1.54) is 0 Å². The maximum absolute atomic E-state index is 11.2. The minimum Gasteiger partial charge on any atom is -0.450 e. The van der Waals surface area contributed by atoms with Crippen molar-refractivity contribution in [1.82, 2.24) is 5.32 Å². The van der Waals surface area contributed by atoms with Crippen LogP contribution in [-0.2, 0) is 4.74 Å². The van der Waals surface area contributed by atoms with Crippen LogP contribution in [-0.4, -0.2) is 12.7 Å². The van der Waals surface area contributed by atoms with Crippen molar-refractivity contribution in [2.24, 2.45) is 0 Å². The molecule has 0 aliphatic carbocycles. The Kier molecular flexibility index (Phi) is 4.62. The highest BCUT2D eigenvalue weighted by Crippen LogP contribution is 2.22. The predicted octanol–water partition coefficient (Wildman–Crippen LogP) is 3.26. The number of hydrogen-bond donors (Lipinski definition) is 1. The molecule has 0 aliphatic heterocycles. The molecule has 0 aliphatic rings. The number of rotatable bonds is 3. The second kappa shape index (κ2) is 5.75. The first kappa shape index (κ1) is 12.0. The molecule has 0 saturated heterocycles. The Morgan fingerprint density at radius 1 is 1.53 bits per heavy atom. The molecule has 0 radical (unpaired) electrons. The molecule has 0 heterocycles. The average Bonchev–Trinajstić information content (AvgIpc) is 2.18. The Balaban J connectivity index is 2.65. The van der Waals surface area contributed by atoms with E-state index >= 15 is 0 Å². The molecule has 3 nitrogen and oxygen atoms in total. The fraction of sp³-hybridized carbons (Fsp3) is 0.364. The van der Waals surface area contributed by atoms with E-state index in [1.807, 2.05) is 31.2 Å². The molecule has 0 bridgehead atoms. The van der Waals surface area contributed by atoms with Gasteiger partial charge in [0.25, 0.3) is 0 Å². The molecule has 82 valence electrons. The van der Waals surface area contributed by atoms with Crippen LogP contribution in [0.25, 0.3) is 0 Å². The Morgan fingerprint density at radius 2 is 2.20 bits per heavy atom. The first-order chi connectivity index (χ1) is 7.15. The highest BCUT2D eigenvalue weighted by atomic mass is 79.9. The minimum absolute atomic E-state index is 0.0698. The molecule has 15 heavy (non-hydrogen) atoms. The third-order valence-corrected chi connectivity index (χ3v) is 2.70. The smallest absolute Gasteiger partial charge is 0.407 e. The van der Waals surface area contributed by atoms with Crippen molar-refractivity contribution >= 4 is 22.0 Å². The van der Waals surface area contributed by atoms with Gasteiger partial charge in [0.05, 0.1) is 12.6 Å². The number of carbonyl (C=O) groups excluding carboxylic acids is 1. The van der Waals surface area contributed by atoms with Gasteiger partial charge in [0.1, 0.15) is 0 Å². The topological polar surface area (TPSA) is 38.3 Å². The zero-order valence-corrected chi connectivity index (χ0v) is 10.4. The van der Waals surface area contributed by atoms with Gasteiger partial charge in [-0.15, -0.1) is 0 Å². The Morgan fingerprint density at radius 3 is 2.80 bits per heavy atom. The summed E-state index contributed by atoms with van der Waals surface area (Å²) in [6.45, 7) is 4.08. The lowest BCUT2D eigenvalue weighted by atomic mass is 10.1. The monoisotopic (exact) mass is 271 g/mol.